The van der Waals surface area contributed by atoms with E-state index in [9.17, 15) is 0 Å². The van der Waals surface area contributed by atoms with Crippen molar-refractivity contribution in [3.05, 3.63) is 41.6 Å². The van der Waals surface area contributed by atoms with Gasteiger partial charge in [-0.05, 0) is 49.8 Å². The number of rotatable bonds is 5. The zero-order valence-electron chi connectivity index (χ0n) is 15.3. The van der Waals surface area contributed by atoms with Crippen LogP contribution >= 0.6 is 0 Å². The zero-order chi connectivity index (χ0) is 17.9. The molecule has 0 amide bonds. The Hall–Kier alpha value is -2.63. The van der Waals surface area contributed by atoms with Crippen molar-refractivity contribution in [1.82, 2.24) is 15.2 Å². The topological polar surface area (TPSA) is 64.3 Å². The Morgan fingerprint density at radius 1 is 1.19 bits per heavy atom. The number of aryl methyl sites for hydroxylation is 2. The predicted molar refractivity (Wildman–Crippen MR) is 101 cm³/mol. The predicted octanol–water partition coefficient (Wildman–Crippen LogP) is 3.78. The van der Waals surface area contributed by atoms with Gasteiger partial charge in [0.05, 0.1) is 12.3 Å². The average molecular weight is 352 g/mol. The second-order valence-electron chi connectivity index (χ2n) is 6.85. The van der Waals surface area contributed by atoms with Gasteiger partial charge >= 0.3 is 0 Å². The van der Waals surface area contributed by atoms with Gasteiger partial charge in [0.15, 0.2) is 5.58 Å². The summed E-state index contributed by atoms with van der Waals surface area (Å²) in [7, 11) is 0. The molecule has 1 saturated heterocycles. The minimum Gasteiger partial charge on any atom is -0.476 e. The van der Waals surface area contributed by atoms with Crippen LogP contribution in [0.4, 0.5) is 6.01 Å². The quantitative estimate of drug-likeness (QED) is 0.696. The van der Waals surface area contributed by atoms with Gasteiger partial charge in [0, 0.05) is 19.2 Å². The molecular weight excluding hydrogens is 328 g/mol. The Morgan fingerprint density at radius 3 is 2.77 bits per heavy atom. The Kier molecular flexibility index (Phi) is 4.73. The average Bonchev–Trinajstić information content (AvgIpc) is 3.12. The Balaban J connectivity index is 1.32. The molecule has 1 aromatic carbocycles. The van der Waals surface area contributed by atoms with Gasteiger partial charge in [0.1, 0.15) is 5.52 Å². The lowest BCUT2D eigenvalue weighted by molar-refractivity contribution is 0.212. The Labute approximate surface area is 153 Å². The molecule has 3 heterocycles. The van der Waals surface area contributed by atoms with E-state index in [0.717, 1.165) is 55.2 Å². The second kappa shape index (κ2) is 7.32. The van der Waals surface area contributed by atoms with Crippen molar-refractivity contribution < 1.29 is 9.15 Å². The first kappa shape index (κ1) is 16.8. The van der Waals surface area contributed by atoms with Crippen molar-refractivity contribution in [2.45, 2.75) is 33.1 Å². The molecule has 0 radical (unpaired) electrons. The molecule has 6 heteroatoms. The van der Waals surface area contributed by atoms with Crippen LogP contribution in [0, 0.1) is 12.8 Å². The van der Waals surface area contributed by atoms with Crippen LogP contribution in [0.5, 0.6) is 5.88 Å². The minimum atomic E-state index is 0.517. The molecule has 0 saturated carbocycles. The summed E-state index contributed by atoms with van der Waals surface area (Å²) in [6.07, 6.45) is 3.05. The van der Waals surface area contributed by atoms with Crippen molar-refractivity contribution in [3.63, 3.8) is 0 Å². The minimum absolute atomic E-state index is 0.517. The highest BCUT2D eigenvalue weighted by atomic mass is 16.5. The number of oxazole rings is 1. The van der Waals surface area contributed by atoms with E-state index in [4.69, 9.17) is 9.15 Å². The number of aromatic nitrogens is 3. The number of hydrogen-bond acceptors (Lipinski definition) is 6. The lowest BCUT2D eigenvalue weighted by Gasteiger charge is -2.30. The number of nitrogens with zero attached hydrogens (tertiary/aromatic N) is 4. The molecule has 0 aliphatic carbocycles. The fraction of sp³-hybridized carbons (Fsp3) is 0.450. The van der Waals surface area contributed by atoms with Crippen LogP contribution in [-0.4, -0.2) is 34.9 Å². The lowest BCUT2D eigenvalue weighted by atomic mass is 9.98. The molecule has 26 heavy (non-hydrogen) atoms. The van der Waals surface area contributed by atoms with Gasteiger partial charge in [0.25, 0.3) is 6.01 Å². The van der Waals surface area contributed by atoms with E-state index in [1.165, 1.54) is 5.56 Å². The molecule has 0 spiro atoms. The van der Waals surface area contributed by atoms with Crippen molar-refractivity contribution in [1.29, 1.82) is 0 Å². The van der Waals surface area contributed by atoms with E-state index in [2.05, 4.69) is 27.0 Å². The molecule has 6 nitrogen and oxygen atoms in total. The van der Waals surface area contributed by atoms with E-state index < -0.39 is 0 Å². The monoisotopic (exact) mass is 352 g/mol. The number of hydrogen-bond donors (Lipinski definition) is 0. The van der Waals surface area contributed by atoms with Crippen LogP contribution in [0.2, 0.25) is 0 Å². The van der Waals surface area contributed by atoms with Crippen LogP contribution in [0.15, 0.2) is 34.7 Å². The standard InChI is InChI=1S/C20H24N4O2/c1-3-16-12-19(23-22-14(16)2)25-13-15-8-10-24(11-9-15)20-21-17-6-4-5-7-18(17)26-20/h4-7,12,15H,3,8-11,13H2,1-2H3. The van der Waals surface area contributed by atoms with E-state index in [-0.39, 0.29) is 0 Å². The first-order chi connectivity index (χ1) is 12.7. The van der Waals surface area contributed by atoms with Crippen molar-refractivity contribution >= 4 is 17.1 Å². The largest absolute Gasteiger partial charge is 0.476 e. The number of para-hydroxylation sites is 2. The normalized spacial score (nSPS) is 15.5. The SMILES string of the molecule is CCc1cc(OCC2CCN(c3nc4ccccc4o3)CC2)nnc1C. The summed E-state index contributed by atoms with van der Waals surface area (Å²) in [6.45, 7) is 6.65. The molecule has 4 rings (SSSR count). The Bertz CT molecular complexity index is 851. The maximum atomic E-state index is 5.90. The van der Waals surface area contributed by atoms with Crippen LogP contribution < -0.4 is 9.64 Å². The fourth-order valence-corrected chi connectivity index (χ4v) is 3.39. The van der Waals surface area contributed by atoms with Gasteiger partial charge in [-0.25, -0.2) is 0 Å². The number of fused-ring (bicyclic) bond motifs is 1. The molecule has 0 N–H and O–H groups in total. The molecule has 0 bridgehead atoms. The number of anilines is 1. The van der Waals surface area contributed by atoms with Crippen molar-refractivity contribution in [2.75, 3.05) is 24.6 Å². The molecule has 2 aromatic heterocycles. The summed E-state index contributed by atoms with van der Waals surface area (Å²) in [5, 5.41) is 8.33. The van der Waals surface area contributed by atoms with Crippen molar-refractivity contribution in [3.8, 4) is 5.88 Å². The van der Waals surface area contributed by atoms with Crippen LogP contribution in [0.25, 0.3) is 11.1 Å². The smallest absolute Gasteiger partial charge is 0.298 e. The fourth-order valence-electron chi connectivity index (χ4n) is 3.39. The summed E-state index contributed by atoms with van der Waals surface area (Å²) in [4.78, 5) is 6.81. The third-order valence-corrected chi connectivity index (χ3v) is 5.08. The van der Waals surface area contributed by atoms with E-state index in [0.29, 0.717) is 18.4 Å². The van der Waals surface area contributed by atoms with E-state index in [1.54, 1.807) is 0 Å². The summed E-state index contributed by atoms with van der Waals surface area (Å²) < 4.78 is 11.8. The number of benzene rings is 1. The molecule has 1 aliphatic rings. The third-order valence-electron chi connectivity index (χ3n) is 5.08. The maximum absolute atomic E-state index is 5.90. The van der Waals surface area contributed by atoms with Gasteiger partial charge in [-0.1, -0.05) is 19.1 Å². The molecule has 136 valence electrons. The summed E-state index contributed by atoms with van der Waals surface area (Å²) in [6, 6.07) is 10.6. The van der Waals surface area contributed by atoms with Crippen LogP contribution in [0.3, 0.4) is 0 Å². The zero-order valence-corrected chi connectivity index (χ0v) is 15.3. The highest BCUT2D eigenvalue weighted by Crippen LogP contribution is 2.26. The van der Waals surface area contributed by atoms with Gasteiger partial charge in [-0.15, -0.1) is 5.10 Å². The first-order valence-corrected chi connectivity index (χ1v) is 9.29. The molecule has 3 aromatic rings. The summed E-state index contributed by atoms with van der Waals surface area (Å²) in [5.74, 6) is 1.15. The van der Waals surface area contributed by atoms with Gasteiger partial charge in [0.2, 0.25) is 5.88 Å². The third kappa shape index (κ3) is 3.49. The highest BCUT2D eigenvalue weighted by molar-refractivity contribution is 5.74. The number of ether oxygens (including phenoxy) is 1. The Morgan fingerprint density at radius 2 is 2.00 bits per heavy atom. The molecule has 0 unspecified atom stereocenters. The molecule has 1 aliphatic heterocycles. The highest BCUT2D eigenvalue weighted by Gasteiger charge is 2.23. The lowest BCUT2D eigenvalue weighted by Crippen LogP contribution is -2.35. The van der Waals surface area contributed by atoms with Gasteiger partial charge in [-0.3, -0.25) is 0 Å². The molecule has 1 fully saturated rings. The van der Waals surface area contributed by atoms with Crippen molar-refractivity contribution in [2.24, 2.45) is 5.92 Å². The van der Waals surface area contributed by atoms with Crippen LogP contribution in [0.1, 0.15) is 31.0 Å². The summed E-state index contributed by atoms with van der Waals surface area (Å²) >= 11 is 0. The van der Waals surface area contributed by atoms with Gasteiger partial charge in [-0.2, -0.15) is 10.1 Å². The van der Waals surface area contributed by atoms with E-state index in [1.807, 2.05) is 37.3 Å². The first-order valence-electron chi connectivity index (χ1n) is 9.29. The molecular formula is C20H24N4O2. The van der Waals surface area contributed by atoms with E-state index >= 15 is 0 Å². The molecule has 0 atom stereocenters. The van der Waals surface area contributed by atoms with Crippen LogP contribution in [-0.2, 0) is 6.42 Å². The summed E-state index contributed by atoms with van der Waals surface area (Å²) in [5.41, 5.74) is 3.93. The van der Waals surface area contributed by atoms with Gasteiger partial charge < -0.3 is 14.1 Å². The second-order valence-corrected chi connectivity index (χ2v) is 6.85. The number of piperidine rings is 1. The maximum Gasteiger partial charge on any atom is 0.298 e.